The number of amides is 1. The summed E-state index contributed by atoms with van der Waals surface area (Å²) in [4.78, 5) is 17.6. The molecule has 1 aliphatic rings. The minimum absolute atomic E-state index is 0.0654. The second kappa shape index (κ2) is 6.46. The fourth-order valence-corrected chi connectivity index (χ4v) is 3.42. The average molecular weight is 357 g/mol. The zero-order valence-electron chi connectivity index (χ0n) is 14.8. The van der Waals surface area contributed by atoms with Gasteiger partial charge in [-0.05, 0) is 37.1 Å². The molecule has 5 rings (SSSR count). The highest BCUT2D eigenvalue weighted by Crippen LogP contribution is 2.40. The van der Waals surface area contributed by atoms with E-state index in [0.717, 1.165) is 40.9 Å². The number of carbonyl (C=O) groups excluding carboxylic acids is 1. The van der Waals surface area contributed by atoms with Crippen LogP contribution in [0.15, 0.2) is 54.7 Å². The monoisotopic (exact) mass is 357 g/mol. The number of pyridine rings is 2. The average Bonchev–Trinajstić information content (AvgIpc) is 3.48. The zero-order valence-corrected chi connectivity index (χ0v) is 14.8. The van der Waals surface area contributed by atoms with E-state index in [1.165, 1.54) is 0 Å². The molecule has 0 unspecified atom stereocenters. The van der Waals surface area contributed by atoms with E-state index >= 15 is 0 Å². The van der Waals surface area contributed by atoms with Crippen molar-refractivity contribution in [2.45, 2.75) is 25.2 Å². The molecule has 6 heteroatoms. The van der Waals surface area contributed by atoms with Gasteiger partial charge in [-0.2, -0.15) is 0 Å². The first kappa shape index (κ1) is 15.9. The van der Waals surface area contributed by atoms with E-state index in [1.54, 1.807) is 0 Å². The standard InChI is InChI=1S/C21H19N5O/c27-21(22-11-10-20-25-24-19-7-3-4-12-26(19)20)16-13-18(14-8-9-14)23-17-6-2-1-5-15(16)17/h1-7,12-14H,8-11H2,(H,22,27). The Kier molecular flexibility index (Phi) is 3.81. The van der Waals surface area contributed by atoms with E-state index < -0.39 is 0 Å². The molecule has 27 heavy (non-hydrogen) atoms. The van der Waals surface area contributed by atoms with Gasteiger partial charge in [-0.15, -0.1) is 10.2 Å². The summed E-state index contributed by atoms with van der Waals surface area (Å²) in [6, 6.07) is 15.6. The van der Waals surface area contributed by atoms with E-state index in [2.05, 4.69) is 15.5 Å². The summed E-state index contributed by atoms with van der Waals surface area (Å²) in [7, 11) is 0. The van der Waals surface area contributed by atoms with Crippen LogP contribution in [0.1, 0.15) is 40.6 Å². The highest BCUT2D eigenvalue weighted by molar-refractivity contribution is 6.06. The lowest BCUT2D eigenvalue weighted by Crippen LogP contribution is -2.26. The predicted octanol–water partition coefficient (Wildman–Crippen LogP) is 3.13. The topological polar surface area (TPSA) is 72.2 Å². The van der Waals surface area contributed by atoms with Crippen LogP contribution in [-0.4, -0.2) is 32.0 Å². The lowest BCUT2D eigenvalue weighted by Gasteiger charge is -2.10. The Labute approximate surface area is 156 Å². The number of fused-ring (bicyclic) bond motifs is 2. The van der Waals surface area contributed by atoms with Crippen molar-refractivity contribution in [2.75, 3.05) is 6.54 Å². The smallest absolute Gasteiger partial charge is 0.252 e. The molecule has 0 radical (unpaired) electrons. The van der Waals surface area contributed by atoms with Crippen molar-refractivity contribution in [1.29, 1.82) is 0 Å². The van der Waals surface area contributed by atoms with Crippen LogP contribution >= 0.6 is 0 Å². The first-order chi connectivity index (χ1) is 13.3. The molecule has 1 aromatic carbocycles. The van der Waals surface area contributed by atoms with Crippen molar-refractivity contribution in [3.05, 3.63) is 71.8 Å². The molecule has 0 bridgehead atoms. The summed E-state index contributed by atoms with van der Waals surface area (Å²) in [6.45, 7) is 0.504. The summed E-state index contributed by atoms with van der Waals surface area (Å²) in [5.41, 5.74) is 3.43. The molecule has 0 saturated heterocycles. The Bertz CT molecular complexity index is 1150. The van der Waals surface area contributed by atoms with E-state index in [4.69, 9.17) is 4.98 Å². The Morgan fingerprint density at radius 2 is 1.96 bits per heavy atom. The highest BCUT2D eigenvalue weighted by atomic mass is 16.1. The van der Waals surface area contributed by atoms with Gasteiger partial charge in [0.1, 0.15) is 5.82 Å². The van der Waals surface area contributed by atoms with Crippen LogP contribution in [0.25, 0.3) is 16.6 Å². The minimum Gasteiger partial charge on any atom is -0.352 e. The molecule has 0 aliphatic heterocycles. The molecule has 4 aromatic rings. The van der Waals surface area contributed by atoms with Crippen LogP contribution < -0.4 is 5.32 Å². The third-order valence-electron chi connectivity index (χ3n) is 4.99. The number of hydrogen-bond donors (Lipinski definition) is 1. The van der Waals surface area contributed by atoms with Gasteiger partial charge in [0, 0.05) is 36.2 Å². The van der Waals surface area contributed by atoms with E-state index in [1.807, 2.05) is 59.1 Å². The molecule has 1 N–H and O–H groups in total. The van der Waals surface area contributed by atoms with Crippen LogP contribution in [-0.2, 0) is 6.42 Å². The second-order valence-corrected chi connectivity index (χ2v) is 6.94. The van der Waals surface area contributed by atoms with Crippen LogP contribution in [0.5, 0.6) is 0 Å². The number of nitrogens with zero attached hydrogens (tertiary/aromatic N) is 4. The molecule has 3 aromatic heterocycles. The van der Waals surface area contributed by atoms with Gasteiger partial charge in [-0.25, -0.2) is 0 Å². The fourth-order valence-electron chi connectivity index (χ4n) is 3.42. The molecule has 3 heterocycles. The normalized spacial score (nSPS) is 13.9. The maximum absolute atomic E-state index is 12.9. The lowest BCUT2D eigenvalue weighted by molar-refractivity contribution is 0.0955. The van der Waals surface area contributed by atoms with Crippen LogP contribution in [0.4, 0.5) is 0 Å². The fraction of sp³-hybridized carbons (Fsp3) is 0.238. The van der Waals surface area contributed by atoms with Gasteiger partial charge in [-0.3, -0.25) is 14.2 Å². The minimum atomic E-state index is -0.0654. The molecule has 6 nitrogen and oxygen atoms in total. The van der Waals surface area contributed by atoms with E-state index in [-0.39, 0.29) is 5.91 Å². The summed E-state index contributed by atoms with van der Waals surface area (Å²) in [6.07, 6.45) is 4.87. The highest BCUT2D eigenvalue weighted by Gasteiger charge is 2.26. The Balaban J connectivity index is 1.36. The van der Waals surface area contributed by atoms with Gasteiger partial charge in [0.15, 0.2) is 5.65 Å². The molecule has 1 aliphatic carbocycles. The molecule has 0 atom stereocenters. The SMILES string of the molecule is O=C(NCCc1nnc2ccccn12)c1cc(C2CC2)nc2ccccc12. The summed E-state index contributed by atoms with van der Waals surface area (Å²) >= 11 is 0. The van der Waals surface area contributed by atoms with Gasteiger partial charge >= 0.3 is 0 Å². The number of carbonyl (C=O) groups is 1. The molecule has 134 valence electrons. The third-order valence-corrected chi connectivity index (χ3v) is 4.99. The largest absolute Gasteiger partial charge is 0.352 e. The molecule has 1 amide bonds. The van der Waals surface area contributed by atoms with Gasteiger partial charge in [0.05, 0.1) is 11.1 Å². The Morgan fingerprint density at radius 1 is 1.11 bits per heavy atom. The number of aromatic nitrogens is 4. The number of para-hydroxylation sites is 1. The molecular weight excluding hydrogens is 338 g/mol. The van der Waals surface area contributed by atoms with Gasteiger partial charge in [-0.1, -0.05) is 24.3 Å². The number of benzene rings is 1. The third kappa shape index (κ3) is 3.03. The van der Waals surface area contributed by atoms with Crippen molar-refractivity contribution in [3.8, 4) is 0 Å². The van der Waals surface area contributed by atoms with Crippen LogP contribution in [0.3, 0.4) is 0 Å². The van der Waals surface area contributed by atoms with Crippen molar-refractivity contribution < 1.29 is 4.79 Å². The predicted molar refractivity (Wildman–Crippen MR) is 103 cm³/mol. The second-order valence-electron chi connectivity index (χ2n) is 6.94. The van der Waals surface area contributed by atoms with Crippen molar-refractivity contribution in [2.24, 2.45) is 0 Å². The van der Waals surface area contributed by atoms with Gasteiger partial charge in [0.25, 0.3) is 5.91 Å². The Hall–Kier alpha value is -3.28. The first-order valence-corrected chi connectivity index (χ1v) is 9.26. The number of nitrogens with one attached hydrogen (secondary N) is 1. The van der Waals surface area contributed by atoms with E-state index in [0.29, 0.717) is 24.4 Å². The van der Waals surface area contributed by atoms with Crippen molar-refractivity contribution in [3.63, 3.8) is 0 Å². The summed E-state index contributed by atoms with van der Waals surface area (Å²) < 4.78 is 1.94. The Morgan fingerprint density at radius 3 is 2.85 bits per heavy atom. The maximum Gasteiger partial charge on any atom is 0.252 e. The van der Waals surface area contributed by atoms with Crippen LogP contribution in [0.2, 0.25) is 0 Å². The summed E-state index contributed by atoms with van der Waals surface area (Å²) in [5, 5.41) is 12.3. The molecular formula is C21H19N5O. The summed E-state index contributed by atoms with van der Waals surface area (Å²) in [5.74, 6) is 1.27. The van der Waals surface area contributed by atoms with Crippen molar-refractivity contribution in [1.82, 2.24) is 24.9 Å². The molecule has 1 fully saturated rings. The van der Waals surface area contributed by atoms with Gasteiger partial charge < -0.3 is 5.32 Å². The number of rotatable bonds is 5. The van der Waals surface area contributed by atoms with Crippen molar-refractivity contribution >= 4 is 22.5 Å². The quantitative estimate of drug-likeness (QED) is 0.596. The lowest BCUT2D eigenvalue weighted by atomic mass is 10.1. The van der Waals surface area contributed by atoms with E-state index in [9.17, 15) is 4.79 Å². The number of hydrogen-bond acceptors (Lipinski definition) is 4. The molecule has 0 spiro atoms. The maximum atomic E-state index is 12.9. The first-order valence-electron chi connectivity index (χ1n) is 9.26. The molecule has 1 saturated carbocycles. The van der Waals surface area contributed by atoms with Gasteiger partial charge in [0.2, 0.25) is 0 Å². The zero-order chi connectivity index (χ0) is 18.2. The van der Waals surface area contributed by atoms with Crippen LogP contribution in [0, 0.1) is 0 Å².